The van der Waals surface area contributed by atoms with Gasteiger partial charge < -0.3 is 0 Å². The van der Waals surface area contributed by atoms with Crippen LogP contribution in [0.5, 0.6) is 0 Å². The molecule has 0 unspecified atom stereocenters. The molecule has 2 aromatic rings. The number of hydrogen-bond donors (Lipinski definition) is 0. The van der Waals surface area contributed by atoms with Crippen molar-refractivity contribution in [2.75, 3.05) is 0 Å². The third kappa shape index (κ3) is 2.48. The van der Waals surface area contributed by atoms with Crippen LogP contribution >= 0.6 is 27.3 Å². The number of hydrogen-bond acceptors (Lipinski definition) is 2. The van der Waals surface area contributed by atoms with Crippen molar-refractivity contribution >= 4 is 33.0 Å². The van der Waals surface area contributed by atoms with E-state index >= 15 is 0 Å². The maximum absolute atomic E-state index is 13.3. The number of aryl methyl sites for hydroxylation is 1. The summed E-state index contributed by atoms with van der Waals surface area (Å²) >= 11 is 4.57. The molecule has 0 radical (unpaired) electrons. The molecule has 1 heterocycles. The molecule has 0 saturated heterocycles. The number of ketones is 1. The second-order valence-electron chi connectivity index (χ2n) is 3.55. The van der Waals surface area contributed by atoms with Crippen molar-refractivity contribution in [1.82, 2.24) is 0 Å². The van der Waals surface area contributed by atoms with Gasteiger partial charge in [0.1, 0.15) is 5.82 Å². The van der Waals surface area contributed by atoms with Gasteiger partial charge in [-0.15, -0.1) is 11.3 Å². The fraction of sp³-hybridized carbons (Fsp3) is 0.154. The monoisotopic (exact) mass is 312 g/mol. The first-order chi connectivity index (χ1) is 8.13. The highest BCUT2D eigenvalue weighted by molar-refractivity contribution is 9.10. The Bertz CT molecular complexity index is 562. The van der Waals surface area contributed by atoms with Gasteiger partial charge in [0.05, 0.1) is 9.35 Å². The molecule has 0 aliphatic heterocycles. The van der Waals surface area contributed by atoms with Gasteiger partial charge in [-0.25, -0.2) is 4.39 Å². The first-order valence-corrected chi connectivity index (χ1v) is 6.82. The van der Waals surface area contributed by atoms with Crippen molar-refractivity contribution in [3.8, 4) is 0 Å². The molecule has 88 valence electrons. The predicted molar refractivity (Wildman–Crippen MR) is 71.2 cm³/mol. The highest BCUT2D eigenvalue weighted by atomic mass is 79.9. The number of rotatable bonds is 3. The number of benzene rings is 1. The number of carbonyl (C=O) groups excluding carboxylic acids is 1. The Morgan fingerprint density at radius 3 is 2.76 bits per heavy atom. The van der Waals surface area contributed by atoms with Gasteiger partial charge in [0, 0.05) is 10.4 Å². The van der Waals surface area contributed by atoms with Gasteiger partial charge >= 0.3 is 0 Å². The zero-order valence-corrected chi connectivity index (χ0v) is 11.6. The van der Waals surface area contributed by atoms with Crippen molar-refractivity contribution in [1.29, 1.82) is 0 Å². The summed E-state index contributed by atoms with van der Waals surface area (Å²) in [5, 5.41) is 0. The van der Waals surface area contributed by atoms with Crippen LogP contribution in [-0.2, 0) is 6.42 Å². The van der Waals surface area contributed by atoms with Crippen LogP contribution < -0.4 is 0 Å². The SMILES string of the molecule is CCc1ccc(C(=O)c2cccc(F)c2Br)s1. The average molecular weight is 313 g/mol. The summed E-state index contributed by atoms with van der Waals surface area (Å²) in [4.78, 5) is 14.0. The molecule has 4 heteroatoms. The van der Waals surface area contributed by atoms with E-state index < -0.39 is 5.82 Å². The van der Waals surface area contributed by atoms with Gasteiger partial charge in [-0.1, -0.05) is 13.0 Å². The minimum Gasteiger partial charge on any atom is -0.288 e. The smallest absolute Gasteiger partial charge is 0.204 e. The summed E-state index contributed by atoms with van der Waals surface area (Å²) in [5.74, 6) is -0.552. The maximum atomic E-state index is 13.3. The third-order valence-corrected chi connectivity index (χ3v) is 4.46. The molecular formula is C13H10BrFOS. The Labute approximate surface area is 111 Å². The Hall–Kier alpha value is -1.00. The minimum atomic E-state index is -0.414. The zero-order chi connectivity index (χ0) is 12.4. The summed E-state index contributed by atoms with van der Waals surface area (Å²) in [6.07, 6.45) is 0.905. The summed E-state index contributed by atoms with van der Waals surface area (Å²) in [6.45, 7) is 2.04. The average Bonchev–Trinajstić information content (AvgIpc) is 2.80. The van der Waals surface area contributed by atoms with Crippen LogP contribution in [0.1, 0.15) is 27.0 Å². The van der Waals surface area contributed by atoms with E-state index in [0.29, 0.717) is 10.4 Å². The van der Waals surface area contributed by atoms with Gasteiger partial charge in [0.2, 0.25) is 5.78 Å². The lowest BCUT2D eigenvalue weighted by Gasteiger charge is -2.02. The van der Waals surface area contributed by atoms with E-state index in [-0.39, 0.29) is 10.3 Å². The third-order valence-electron chi connectivity index (χ3n) is 2.43. The van der Waals surface area contributed by atoms with E-state index in [1.54, 1.807) is 18.2 Å². The fourth-order valence-corrected chi connectivity index (χ4v) is 2.85. The standard InChI is InChI=1S/C13H10BrFOS/c1-2-8-6-7-11(17-8)13(16)9-4-3-5-10(15)12(9)14/h3-7H,2H2,1H3. The molecule has 1 nitrogen and oxygen atoms in total. The van der Waals surface area contributed by atoms with Gasteiger partial charge in [-0.2, -0.15) is 0 Å². The van der Waals surface area contributed by atoms with Gasteiger partial charge in [-0.3, -0.25) is 4.79 Å². The lowest BCUT2D eigenvalue weighted by Crippen LogP contribution is -2.00. The zero-order valence-electron chi connectivity index (χ0n) is 9.17. The number of thiophene rings is 1. The number of halogens is 2. The van der Waals surface area contributed by atoms with Crippen molar-refractivity contribution in [2.45, 2.75) is 13.3 Å². The van der Waals surface area contributed by atoms with E-state index in [1.165, 1.54) is 17.4 Å². The van der Waals surface area contributed by atoms with Crippen LogP contribution in [-0.4, -0.2) is 5.78 Å². The molecule has 0 bridgehead atoms. The van der Waals surface area contributed by atoms with Crippen LogP contribution in [0.25, 0.3) is 0 Å². The molecule has 0 aliphatic rings. The van der Waals surface area contributed by atoms with Crippen molar-refractivity contribution in [2.24, 2.45) is 0 Å². The highest BCUT2D eigenvalue weighted by Crippen LogP contribution is 2.26. The normalized spacial score (nSPS) is 10.5. The molecule has 0 spiro atoms. The van der Waals surface area contributed by atoms with Gasteiger partial charge in [0.25, 0.3) is 0 Å². The van der Waals surface area contributed by atoms with Crippen LogP contribution in [0.3, 0.4) is 0 Å². The predicted octanol–water partition coefficient (Wildman–Crippen LogP) is 4.44. The summed E-state index contributed by atoms with van der Waals surface area (Å²) in [7, 11) is 0. The molecule has 2 rings (SSSR count). The number of carbonyl (C=O) groups is 1. The maximum Gasteiger partial charge on any atom is 0.204 e. The highest BCUT2D eigenvalue weighted by Gasteiger charge is 2.16. The van der Waals surface area contributed by atoms with E-state index in [4.69, 9.17) is 0 Å². The first-order valence-electron chi connectivity index (χ1n) is 5.21. The topological polar surface area (TPSA) is 17.1 Å². The van der Waals surface area contributed by atoms with E-state index in [0.717, 1.165) is 11.3 Å². The van der Waals surface area contributed by atoms with E-state index in [1.807, 2.05) is 13.0 Å². The van der Waals surface area contributed by atoms with E-state index in [9.17, 15) is 9.18 Å². The first kappa shape index (κ1) is 12.5. The molecule has 1 aromatic carbocycles. The van der Waals surface area contributed by atoms with Crippen LogP contribution in [0.2, 0.25) is 0 Å². The summed E-state index contributed by atoms with van der Waals surface area (Å²) in [6, 6.07) is 8.23. The molecule has 17 heavy (non-hydrogen) atoms. The fourth-order valence-electron chi connectivity index (χ4n) is 1.50. The largest absolute Gasteiger partial charge is 0.288 e. The molecule has 0 fully saturated rings. The summed E-state index contributed by atoms with van der Waals surface area (Å²) < 4.78 is 13.6. The minimum absolute atomic E-state index is 0.138. The molecule has 0 N–H and O–H groups in total. The van der Waals surface area contributed by atoms with Crippen molar-refractivity contribution in [3.63, 3.8) is 0 Å². The Balaban J connectivity index is 2.40. The molecule has 1 aromatic heterocycles. The summed E-state index contributed by atoms with van der Waals surface area (Å²) in [5.41, 5.74) is 0.370. The molecule has 0 saturated carbocycles. The van der Waals surface area contributed by atoms with Crippen LogP contribution in [0.15, 0.2) is 34.8 Å². The molecular weight excluding hydrogens is 303 g/mol. The second-order valence-corrected chi connectivity index (χ2v) is 5.51. The molecule has 0 amide bonds. The molecule has 0 atom stereocenters. The molecule has 0 aliphatic carbocycles. The van der Waals surface area contributed by atoms with Crippen molar-refractivity contribution in [3.05, 3.63) is 55.9 Å². The van der Waals surface area contributed by atoms with Gasteiger partial charge in [0.15, 0.2) is 0 Å². The second kappa shape index (κ2) is 5.10. The van der Waals surface area contributed by atoms with Crippen LogP contribution in [0.4, 0.5) is 4.39 Å². The quantitative estimate of drug-likeness (QED) is 0.766. The van der Waals surface area contributed by atoms with E-state index in [2.05, 4.69) is 15.9 Å². The Kier molecular flexibility index (Phi) is 3.74. The lowest BCUT2D eigenvalue weighted by atomic mass is 10.1. The Morgan fingerprint density at radius 1 is 1.35 bits per heavy atom. The lowest BCUT2D eigenvalue weighted by molar-refractivity contribution is 0.104. The van der Waals surface area contributed by atoms with Gasteiger partial charge in [-0.05, 0) is 46.6 Å². The van der Waals surface area contributed by atoms with Crippen LogP contribution in [0, 0.1) is 5.82 Å². The van der Waals surface area contributed by atoms with Crippen molar-refractivity contribution < 1.29 is 9.18 Å². The Morgan fingerprint density at radius 2 is 2.12 bits per heavy atom.